The summed E-state index contributed by atoms with van der Waals surface area (Å²) in [6.45, 7) is 4.39. The van der Waals surface area contributed by atoms with Crippen LogP contribution in [0.2, 0.25) is 5.02 Å². The second-order valence-corrected chi connectivity index (χ2v) is 14.2. The Kier molecular flexibility index (Phi) is 12.6. The van der Waals surface area contributed by atoms with Crippen LogP contribution < -0.4 is 14.4 Å². The van der Waals surface area contributed by atoms with Crippen LogP contribution in [-0.2, 0) is 38.8 Å². The standard InChI is InChI=1S/C37H39ClF3N3O5S/c1-5-26(3)42-36(46)34(21-27-10-7-6-8-11-27)43(23-28-12-9-13-30(20-28)49-4)35(45)24-44(50(47,48)31-17-14-25(2)15-18-31)29-16-19-33(38)32(22-29)37(39,40)41/h6-20,22,26,34H,5,21,23-24H2,1-4H3,(H,42,46). The third-order valence-electron chi connectivity index (χ3n) is 8.19. The van der Waals surface area contributed by atoms with Gasteiger partial charge in [-0.25, -0.2) is 8.42 Å². The third-order valence-corrected chi connectivity index (χ3v) is 10.3. The lowest BCUT2D eigenvalue weighted by Crippen LogP contribution is -2.54. The second-order valence-electron chi connectivity index (χ2n) is 11.9. The van der Waals surface area contributed by atoms with Gasteiger partial charge in [0.05, 0.1) is 28.3 Å². The number of aryl methyl sites for hydroxylation is 1. The van der Waals surface area contributed by atoms with Crippen molar-refractivity contribution in [1.82, 2.24) is 10.2 Å². The van der Waals surface area contributed by atoms with E-state index in [1.807, 2.05) is 19.9 Å². The molecule has 0 spiro atoms. The largest absolute Gasteiger partial charge is 0.497 e. The Morgan fingerprint density at radius 3 is 2.20 bits per heavy atom. The Morgan fingerprint density at radius 2 is 1.58 bits per heavy atom. The Morgan fingerprint density at radius 1 is 0.920 bits per heavy atom. The number of hydrogen-bond acceptors (Lipinski definition) is 5. The first kappa shape index (κ1) is 38.3. The van der Waals surface area contributed by atoms with Gasteiger partial charge in [-0.3, -0.25) is 13.9 Å². The van der Waals surface area contributed by atoms with E-state index in [0.29, 0.717) is 28.1 Å². The van der Waals surface area contributed by atoms with Crippen molar-refractivity contribution in [1.29, 1.82) is 0 Å². The van der Waals surface area contributed by atoms with Gasteiger partial charge >= 0.3 is 6.18 Å². The number of hydrogen-bond donors (Lipinski definition) is 1. The summed E-state index contributed by atoms with van der Waals surface area (Å²) in [5, 5.41) is 2.31. The maximum atomic E-state index is 14.6. The molecule has 0 heterocycles. The molecule has 1 N–H and O–H groups in total. The first-order chi connectivity index (χ1) is 23.6. The predicted octanol–water partition coefficient (Wildman–Crippen LogP) is 7.43. The van der Waals surface area contributed by atoms with Gasteiger partial charge in [-0.2, -0.15) is 13.2 Å². The summed E-state index contributed by atoms with van der Waals surface area (Å²) in [5.74, 6) is -0.812. The minimum atomic E-state index is -4.91. The van der Waals surface area contributed by atoms with E-state index in [1.54, 1.807) is 67.6 Å². The summed E-state index contributed by atoms with van der Waals surface area (Å²) < 4.78 is 76.4. The smallest absolute Gasteiger partial charge is 0.417 e. The number of rotatable bonds is 14. The number of amides is 2. The van der Waals surface area contributed by atoms with E-state index < -0.39 is 56.9 Å². The van der Waals surface area contributed by atoms with E-state index in [0.717, 1.165) is 23.3 Å². The highest BCUT2D eigenvalue weighted by molar-refractivity contribution is 7.92. The van der Waals surface area contributed by atoms with Gasteiger partial charge in [0.25, 0.3) is 10.0 Å². The number of methoxy groups -OCH3 is 1. The summed E-state index contributed by atoms with van der Waals surface area (Å²) in [5.41, 5.74) is 0.359. The number of ether oxygens (including phenoxy) is 1. The van der Waals surface area contributed by atoms with E-state index in [4.69, 9.17) is 16.3 Å². The SMILES string of the molecule is CCC(C)NC(=O)C(Cc1ccccc1)N(Cc1cccc(OC)c1)C(=O)CN(c1ccc(Cl)c(C(F)(F)F)c1)S(=O)(=O)c1ccc(C)cc1. The zero-order chi connectivity index (χ0) is 36.6. The van der Waals surface area contributed by atoms with Crippen molar-refractivity contribution in [2.75, 3.05) is 18.0 Å². The topological polar surface area (TPSA) is 96.0 Å². The Labute approximate surface area is 295 Å². The number of benzene rings is 4. The van der Waals surface area contributed by atoms with E-state index in [1.165, 1.54) is 24.1 Å². The average molecular weight is 730 g/mol. The van der Waals surface area contributed by atoms with Crippen LogP contribution >= 0.6 is 11.6 Å². The molecule has 266 valence electrons. The molecule has 0 bridgehead atoms. The quantitative estimate of drug-likeness (QED) is 0.146. The summed E-state index contributed by atoms with van der Waals surface area (Å²) >= 11 is 5.89. The lowest BCUT2D eigenvalue weighted by Gasteiger charge is -2.34. The zero-order valence-electron chi connectivity index (χ0n) is 28.1. The number of alkyl halides is 3. The van der Waals surface area contributed by atoms with Crippen LogP contribution in [0.3, 0.4) is 0 Å². The molecule has 0 aliphatic carbocycles. The zero-order valence-corrected chi connectivity index (χ0v) is 29.6. The van der Waals surface area contributed by atoms with Crippen molar-refractivity contribution >= 4 is 39.1 Å². The molecule has 2 amide bonds. The molecule has 0 radical (unpaired) electrons. The maximum absolute atomic E-state index is 14.6. The molecule has 13 heteroatoms. The van der Waals surface area contributed by atoms with Gasteiger partial charge < -0.3 is 15.0 Å². The fourth-order valence-electron chi connectivity index (χ4n) is 5.21. The molecule has 8 nitrogen and oxygen atoms in total. The monoisotopic (exact) mass is 729 g/mol. The van der Waals surface area contributed by atoms with Crippen LogP contribution in [0.15, 0.2) is 102 Å². The summed E-state index contributed by atoms with van der Waals surface area (Å²) in [7, 11) is -3.15. The molecular weight excluding hydrogens is 691 g/mol. The van der Waals surface area contributed by atoms with Crippen LogP contribution in [0.1, 0.15) is 42.5 Å². The van der Waals surface area contributed by atoms with Crippen molar-refractivity contribution in [3.8, 4) is 5.75 Å². The van der Waals surface area contributed by atoms with Gasteiger partial charge in [-0.05, 0) is 73.9 Å². The van der Waals surface area contributed by atoms with E-state index >= 15 is 0 Å². The molecule has 0 saturated heterocycles. The van der Waals surface area contributed by atoms with E-state index in [-0.39, 0.29) is 23.9 Å². The molecule has 0 aliphatic heterocycles. The number of carbonyl (C=O) groups excluding carboxylic acids is 2. The van der Waals surface area contributed by atoms with Crippen LogP contribution in [-0.4, -0.2) is 50.9 Å². The number of sulfonamides is 1. The molecule has 0 aliphatic rings. The van der Waals surface area contributed by atoms with Gasteiger partial charge in [-0.1, -0.05) is 78.7 Å². The number of carbonyl (C=O) groups is 2. The number of anilines is 1. The van der Waals surface area contributed by atoms with E-state index in [2.05, 4.69) is 5.32 Å². The number of halogens is 4. The summed E-state index contributed by atoms with van der Waals surface area (Å²) in [6.07, 6.45) is -4.24. The predicted molar refractivity (Wildman–Crippen MR) is 188 cm³/mol. The van der Waals surface area contributed by atoms with Crippen molar-refractivity contribution in [2.24, 2.45) is 0 Å². The van der Waals surface area contributed by atoms with Gasteiger partial charge in [-0.15, -0.1) is 0 Å². The van der Waals surface area contributed by atoms with Crippen molar-refractivity contribution in [3.63, 3.8) is 0 Å². The van der Waals surface area contributed by atoms with Crippen LogP contribution in [0.5, 0.6) is 5.75 Å². The molecule has 2 atom stereocenters. The Balaban J connectivity index is 1.88. The highest BCUT2D eigenvalue weighted by atomic mass is 35.5. The minimum Gasteiger partial charge on any atom is -0.497 e. The van der Waals surface area contributed by atoms with Crippen LogP contribution in [0.4, 0.5) is 18.9 Å². The lowest BCUT2D eigenvalue weighted by atomic mass is 10.0. The molecule has 0 fully saturated rings. The first-order valence-corrected chi connectivity index (χ1v) is 17.7. The van der Waals surface area contributed by atoms with Gasteiger partial charge in [0.15, 0.2) is 0 Å². The lowest BCUT2D eigenvalue weighted by molar-refractivity contribution is -0.140. The van der Waals surface area contributed by atoms with Crippen LogP contribution in [0.25, 0.3) is 0 Å². The van der Waals surface area contributed by atoms with Gasteiger partial charge in [0.1, 0.15) is 18.3 Å². The molecule has 4 aromatic carbocycles. The van der Waals surface area contributed by atoms with Crippen LogP contribution in [0, 0.1) is 6.92 Å². The Bertz CT molecular complexity index is 1890. The normalized spacial score (nSPS) is 12.9. The molecule has 4 aromatic rings. The van der Waals surface area contributed by atoms with E-state index in [9.17, 15) is 31.2 Å². The first-order valence-electron chi connectivity index (χ1n) is 15.9. The number of nitrogens with one attached hydrogen (secondary N) is 1. The fourth-order valence-corrected chi connectivity index (χ4v) is 6.85. The fraction of sp³-hybridized carbons (Fsp3) is 0.297. The number of nitrogens with zero attached hydrogens (tertiary/aromatic N) is 2. The van der Waals surface area contributed by atoms with Gasteiger partial charge in [0, 0.05) is 19.0 Å². The van der Waals surface area contributed by atoms with Crippen molar-refractivity contribution in [2.45, 2.75) is 63.3 Å². The highest BCUT2D eigenvalue weighted by Gasteiger charge is 2.38. The molecule has 4 rings (SSSR count). The molecular formula is C37H39ClF3N3O5S. The molecule has 50 heavy (non-hydrogen) atoms. The second kappa shape index (κ2) is 16.4. The summed E-state index contributed by atoms with van der Waals surface area (Å²) in [6, 6.07) is 22.8. The Hall–Kier alpha value is -4.55. The van der Waals surface area contributed by atoms with Crippen molar-refractivity contribution in [3.05, 3.63) is 124 Å². The minimum absolute atomic E-state index is 0.0721. The highest BCUT2D eigenvalue weighted by Crippen LogP contribution is 2.38. The maximum Gasteiger partial charge on any atom is 0.417 e. The molecule has 0 aromatic heterocycles. The molecule has 2 unspecified atom stereocenters. The average Bonchev–Trinajstić information content (AvgIpc) is 3.09. The molecule has 0 saturated carbocycles. The van der Waals surface area contributed by atoms with Crippen molar-refractivity contribution < 1.29 is 35.9 Å². The third kappa shape index (κ3) is 9.57. The summed E-state index contributed by atoms with van der Waals surface area (Å²) in [4.78, 5) is 29.6. The van der Waals surface area contributed by atoms with Gasteiger partial charge in [0.2, 0.25) is 11.8 Å².